The molecule has 0 spiro atoms. The molecule has 0 radical (unpaired) electrons. The first-order chi connectivity index (χ1) is 14.2. The topological polar surface area (TPSA) is 95.6 Å². The number of carbonyl (C=O) groups is 2. The molecular formula is C21H27N3O4S2. The van der Waals surface area contributed by atoms with Crippen molar-refractivity contribution in [3.8, 4) is 0 Å². The summed E-state index contributed by atoms with van der Waals surface area (Å²) in [5, 5.41) is 3.08. The lowest BCUT2D eigenvalue weighted by Gasteiger charge is -2.32. The standard InChI is InChI=1S/C21H27N3O4S2/c1-15-5-3-4-6-18(15)20(25)23-16-10-13-24(14-11-16)21(26)19-8-7-17(29-19)9-12-22-30(2,27)28/h3-8,16,22H,9-14H2,1-2H3,(H,23,25). The third-order valence-electron chi connectivity index (χ3n) is 5.12. The van der Waals surface area contributed by atoms with Gasteiger partial charge in [0.2, 0.25) is 10.0 Å². The molecule has 2 heterocycles. The van der Waals surface area contributed by atoms with Crippen LogP contribution in [0.4, 0.5) is 0 Å². The van der Waals surface area contributed by atoms with Crippen LogP contribution in [-0.4, -0.2) is 57.1 Å². The summed E-state index contributed by atoms with van der Waals surface area (Å²) in [6, 6.07) is 11.2. The summed E-state index contributed by atoms with van der Waals surface area (Å²) in [6.07, 6.45) is 3.13. The van der Waals surface area contributed by atoms with E-state index in [1.54, 1.807) is 6.07 Å². The number of hydrogen-bond donors (Lipinski definition) is 2. The molecule has 0 bridgehead atoms. The minimum Gasteiger partial charge on any atom is -0.349 e. The lowest BCUT2D eigenvalue weighted by atomic mass is 10.0. The van der Waals surface area contributed by atoms with Crippen LogP contribution < -0.4 is 10.0 Å². The fraction of sp³-hybridized carbons (Fsp3) is 0.429. The van der Waals surface area contributed by atoms with Crippen LogP contribution in [0.2, 0.25) is 0 Å². The number of aryl methyl sites for hydroxylation is 1. The van der Waals surface area contributed by atoms with Crippen molar-refractivity contribution < 1.29 is 18.0 Å². The zero-order chi connectivity index (χ0) is 21.7. The van der Waals surface area contributed by atoms with E-state index >= 15 is 0 Å². The van der Waals surface area contributed by atoms with Crippen LogP contribution in [0, 0.1) is 6.92 Å². The summed E-state index contributed by atoms with van der Waals surface area (Å²) in [7, 11) is -3.21. The monoisotopic (exact) mass is 449 g/mol. The second-order valence-corrected chi connectivity index (χ2v) is 10.5. The van der Waals surface area contributed by atoms with Crippen molar-refractivity contribution in [3.63, 3.8) is 0 Å². The Bertz CT molecular complexity index is 1010. The van der Waals surface area contributed by atoms with Gasteiger partial charge in [-0.25, -0.2) is 13.1 Å². The molecule has 162 valence electrons. The largest absolute Gasteiger partial charge is 0.349 e. The number of likely N-dealkylation sites (tertiary alicyclic amines) is 1. The fourth-order valence-corrected chi connectivity index (χ4v) is 4.91. The van der Waals surface area contributed by atoms with Gasteiger partial charge in [0.15, 0.2) is 0 Å². The predicted octanol–water partition coefficient (Wildman–Crippen LogP) is 2.18. The van der Waals surface area contributed by atoms with Crippen molar-refractivity contribution in [1.82, 2.24) is 14.9 Å². The summed E-state index contributed by atoms with van der Waals surface area (Å²) >= 11 is 1.40. The number of rotatable bonds is 7. The summed E-state index contributed by atoms with van der Waals surface area (Å²) in [4.78, 5) is 28.7. The van der Waals surface area contributed by atoms with E-state index in [2.05, 4.69) is 10.0 Å². The molecule has 9 heteroatoms. The Kier molecular flexibility index (Phi) is 7.27. The number of piperidine rings is 1. The molecule has 0 saturated carbocycles. The molecular weight excluding hydrogens is 422 g/mol. The van der Waals surface area contributed by atoms with Gasteiger partial charge in [-0.15, -0.1) is 11.3 Å². The predicted molar refractivity (Wildman–Crippen MR) is 118 cm³/mol. The van der Waals surface area contributed by atoms with Gasteiger partial charge >= 0.3 is 0 Å². The number of carbonyl (C=O) groups excluding carboxylic acids is 2. The number of nitrogens with one attached hydrogen (secondary N) is 2. The smallest absolute Gasteiger partial charge is 0.263 e. The number of thiophene rings is 1. The molecule has 1 aliphatic heterocycles. The number of hydrogen-bond acceptors (Lipinski definition) is 5. The Hall–Kier alpha value is -2.23. The highest BCUT2D eigenvalue weighted by Crippen LogP contribution is 2.21. The van der Waals surface area contributed by atoms with Crippen molar-refractivity contribution in [2.45, 2.75) is 32.2 Å². The zero-order valence-electron chi connectivity index (χ0n) is 17.2. The molecule has 0 aliphatic carbocycles. The van der Waals surface area contributed by atoms with E-state index in [1.807, 2.05) is 42.2 Å². The van der Waals surface area contributed by atoms with Crippen molar-refractivity contribution in [3.05, 3.63) is 57.3 Å². The number of nitrogens with zero attached hydrogens (tertiary/aromatic N) is 1. The molecule has 3 rings (SSSR count). The molecule has 1 aromatic heterocycles. The lowest BCUT2D eigenvalue weighted by Crippen LogP contribution is -2.46. The van der Waals surface area contributed by atoms with Gasteiger partial charge < -0.3 is 10.2 Å². The third kappa shape index (κ3) is 6.13. The van der Waals surface area contributed by atoms with E-state index in [0.717, 1.165) is 29.5 Å². The zero-order valence-corrected chi connectivity index (χ0v) is 18.8. The highest BCUT2D eigenvalue weighted by molar-refractivity contribution is 7.88. The second-order valence-electron chi connectivity index (χ2n) is 7.54. The van der Waals surface area contributed by atoms with Crippen molar-refractivity contribution >= 4 is 33.2 Å². The molecule has 0 atom stereocenters. The molecule has 1 aromatic carbocycles. The van der Waals surface area contributed by atoms with Crippen LogP contribution in [0.25, 0.3) is 0 Å². The first kappa shape index (κ1) is 22.5. The quantitative estimate of drug-likeness (QED) is 0.677. The first-order valence-corrected chi connectivity index (χ1v) is 12.6. The molecule has 2 N–H and O–H groups in total. The normalized spacial score (nSPS) is 15.2. The Morgan fingerprint density at radius 1 is 1.13 bits per heavy atom. The van der Waals surface area contributed by atoms with Crippen LogP contribution in [0.1, 0.15) is 43.3 Å². The third-order valence-corrected chi connectivity index (χ3v) is 6.98. The second kappa shape index (κ2) is 9.72. The van der Waals surface area contributed by atoms with E-state index in [9.17, 15) is 18.0 Å². The maximum absolute atomic E-state index is 12.8. The van der Waals surface area contributed by atoms with E-state index in [-0.39, 0.29) is 17.9 Å². The van der Waals surface area contributed by atoms with Crippen LogP contribution in [0.3, 0.4) is 0 Å². The number of sulfonamides is 1. The Morgan fingerprint density at radius 3 is 2.50 bits per heavy atom. The molecule has 0 unspecified atom stereocenters. The van der Waals surface area contributed by atoms with Crippen molar-refractivity contribution in [2.24, 2.45) is 0 Å². The molecule has 7 nitrogen and oxygen atoms in total. The van der Waals surface area contributed by atoms with Gasteiger partial charge in [-0.2, -0.15) is 0 Å². The van der Waals surface area contributed by atoms with Gasteiger partial charge in [0, 0.05) is 36.1 Å². The highest BCUT2D eigenvalue weighted by Gasteiger charge is 2.26. The first-order valence-electron chi connectivity index (χ1n) is 9.92. The van der Waals surface area contributed by atoms with E-state index in [4.69, 9.17) is 0 Å². The molecule has 2 amide bonds. The van der Waals surface area contributed by atoms with Crippen molar-refractivity contribution in [1.29, 1.82) is 0 Å². The Labute approximate surface area is 181 Å². The van der Waals surface area contributed by atoms with Crippen LogP contribution in [-0.2, 0) is 16.4 Å². The molecule has 2 aromatic rings. The SMILES string of the molecule is Cc1ccccc1C(=O)NC1CCN(C(=O)c2ccc(CCNS(C)(=O)=O)s2)CC1. The maximum Gasteiger partial charge on any atom is 0.263 e. The maximum atomic E-state index is 12.8. The summed E-state index contributed by atoms with van der Waals surface area (Å²) < 4.78 is 24.7. The van der Waals surface area contributed by atoms with Gasteiger partial charge in [0.1, 0.15) is 0 Å². The van der Waals surface area contributed by atoms with Crippen LogP contribution >= 0.6 is 11.3 Å². The van der Waals surface area contributed by atoms with Crippen molar-refractivity contribution in [2.75, 3.05) is 25.9 Å². The van der Waals surface area contributed by atoms with E-state index in [1.165, 1.54) is 11.3 Å². The summed E-state index contributed by atoms with van der Waals surface area (Å²) in [5.41, 5.74) is 1.63. The van der Waals surface area contributed by atoms with Gasteiger partial charge in [-0.1, -0.05) is 18.2 Å². The van der Waals surface area contributed by atoms with Gasteiger partial charge in [0.05, 0.1) is 11.1 Å². The lowest BCUT2D eigenvalue weighted by molar-refractivity contribution is 0.0702. The van der Waals surface area contributed by atoms with E-state index in [0.29, 0.717) is 36.5 Å². The molecule has 30 heavy (non-hydrogen) atoms. The Morgan fingerprint density at radius 2 is 1.83 bits per heavy atom. The number of benzene rings is 1. The summed E-state index contributed by atoms with van der Waals surface area (Å²) in [6.45, 7) is 3.43. The average molecular weight is 450 g/mol. The fourth-order valence-electron chi connectivity index (χ4n) is 3.46. The highest BCUT2D eigenvalue weighted by atomic mass is 32.2. The average Bonchev–Trinajstić information content (AvgIpc) is 3.16. The summed E-state index contributed by atoms with van der Waals surface area (Å²) in [5.74, 6) is -0.0746. The minimum absolute atomic E-state index is 0.00833. The number of amides is 2. The Balaban J connectivity index is 1.48. The van der Waals surface area contributed by atoms with Gasteiger partial charge in [-0.05, 0) is 49.9 Å². The molecule has 1 aliphatic rings. The molecule has 1 saturated heterocycles. The molecule has 1 fully saturated rings. The van der Waals surface area contributed by atoms with Crippen LogP contribution in [0.5, 0.6) is 0 Å². The van der Waals surface area contributed by atoms with Gasteiger partial charge in [0.25, 0.3) is 11.8 Å². The minimum atomic E-state index is -3.21. The van der Waals surface area contributed by atoms with E-state index < -0.39 is 10.0 Å². The van der Waals surface area contributed by atoms with Gasteiger partial charge in [-0.3, -0.25) is 9.59 Å². The van der Waals surface area contributed by atoms with Crippen LogP contribution in [0.15, 0.2) is 36.4 Å².